The van der Waals surface area contributed by atoms with Crippen molar-refractivity contribution in [3.63, 3.8) is 0 Å². The van der Waals surface area contributed by atoms with Crippen molar-refractivity contribution >= 4 is 34.7 Å². The zero-order chi connectivity index (χ0) is 16.1. The summed E-state index contributed by atoms with van der Waals surface area (Å²) in [5.74, 6) is 0.702. The molecule has 0 atom stereocenters. The molecule has 0 spiro atoms. The Morgan fingerprint density at radius 3 is 2.91 bits per heavy atom. The second kappa shape index (κ2) is 7.56. The quantitative estimate of drug-likeness (QED) is 0.815. The topological polar surface area (TPSA) is 41.9 Å². The zero-order valence-corrected chi connectivity index (χ0v) is 14.0. The summed E-state index contributed by atoms with van der Waals surface area (Å²) >= 11 is 11.3. The van der Waals surface area contributed by atoms with E-state index >= 15 is 0 Å². The van der Waals surface area contributed by atoms with Gasteiger partial charge in [0.05, 0.1) is 6.54 Å². The Morgan fingerprint density at radius 1 is 1.45 bits per heavy atom. The Morgan fingerprint density at radius 2 is 2.23 bits per heavy atom. The molecule has 1 aromatic carbocycles. The fourth-order valence-corrected chi connectivity index (χ4v) is 2.21. The van der Waals surface area contributed by atoms with Gasteiger partial charge in [-0.3, -0.25) is 4.68 Å². The molecule has 0 unspecified atom stereocenters. The highest BCUT2D eigenvalue weighted by molar-refractivity contribution is 7.80. The molecule has 7 heteroatoms. The number of benzene rings is 1. The van der Waals surface area contributed by atoms with Crippen LogP contribution in [0.4, 0.5) is 10.2 Å². The first kappa shape index (κ1) is 16.7. The highest BCUT2D eigenvalue weighted by Gasteiger charge is 2.09. The van der Waals surface area contributed by atoms with E-state index in [1.54, 1.807) is 16.9 Å². The molecule has 22 heavy (non-hydrogen) atoms. The van der Waals surface area contributed by atoms with Crippen molar-refractivity contribution in [2.24, 2.45) is 5.92 Å². The maximum Gasteiger partial charge on any atom is 0.173 e. The third-order valence-corrected chi connectivity index (χ3v) is 3.38. The fraction of sp³-hybridized carbons (Fsp3) is 0.333. The Hall–Kier alpha value is -1.66. The lowest BCUT2D eigenvalue weighted by atomic mass is 10.2. The summed E-state index contributed by atoms with van der Waals surface area (Å²) in [6.07, 6.45) is 1.68. The standard InChI is InChI=1S/C15H18ClFN4S/c1-10(2)7-18-15(22)19-14-13(16)9-21(20-14)8-11-4-3-5-12(17)6-11/h3-6,9-10H,7-8H2,1-2H3,(H2,18,19,20,22). The van der Waals surface area contributed by atoms with Gasteiger partial charge in [-0.05, 0) is 35.8 Å². The molecule has 0 radical (unpaired) electrons. The largest absolute Gasteiger partial charge is 0.362 e. The number of rotatable bonds is 5. The predicted octanol–water partition coefficient (Wildman–Crippen LogP) is 3.67. The Kier molecular flexibility index (Phi) is 5.74. The van der Waals surface area contributed by atoms with Gasteiger partial charge in [0, 0.05) is 12.7 Å². The number of thiocarbonyl (C=S) groups is 1. The average molecular weight is 341 g/mol. The van der Waals surface area contributed by atoms with Gasteiger partial charge in [0.15, 0.2) is 10.9 Å². The van der Waals surface area contributed by atoms with Crippen LogP contribution in [0.25, 0.3) is 0 Å². The molecule has 2 N–H and O–H groups in total. The molecule has 2 rings (SSSR count). The lowest BCUT2D eigenvalue weighted by molar-refractivity contribution is 0.619. The molecule has 0 fully saturated rings. The van der Waals surface area contributed by atoms with E-state index in [1.807, 2.05) is 6.07 Å². The van der Waals surface area contributed by atoms with Crippen molar-refractivity contribution in [3.8, 4) is 0 Å². The van der Waals surface area contributed by atoms with Crippen molar-refractivity contribution in [3.05, 3.63) is 46.9 Å². The highest BCUT2D eigenvalue weighted by Crippen LogP contribution is 2.20. The number of nitrogens with zero attached hydrogens (tertiary/aromatic N) is 2. The van der Waals surface area contributed by atoms with Crippen molar-refractivity contribution < 1.29 is 4.39 Å². The molecule has 0 aliphatic heterocycles. The summed E-state index contributed by atoms with van der Waals surface area (Å²) in [4.78, 5) is 0. The van der Waals surface area contributed by atoms with E-state index in [1.165, 1.54) is 12.1 Å². The van der Waals surface area contributed by atoms with Gasteiger partial charge in [0.1, 0.15) is 10.8 Å². The van der Waals surface area contributed by atoms with Gasteiger partial charge >= 0.3 is 0 Å². The summed E-state index contributed by atoms with van der Waals surface area (Å²) in [5.41, 5.74) is 0.811. The van der Waals surface area contributed by atoms with Gasteiger partial charge in [-0.25, -0.2) is 4.39 Å². The van der Waals surface area contributed by atoms with E-state index in [4.69, 9.17) is 23.8 Å². The van der Waals surface area contributed by atoms with Gasteiger partial charge in [0.2, 0.25) is 0 Å². The lowest BCUT2D eigenvalue weighted by Crippen LogP contribution is -2.31. The smallest absolute Gasteiger partial charge is 0.173 e. The van der Waals surface area contributed by atoms with Gasteiger partial charge in [0.25, 0.3) is 0 Å². The van der Waals surface area contributed by atoms with Crippen molar-refractivity contribution in [1.82, 2.24) is 15.1 Å². The molecule has 0 saturated heterocycles. The van der Waals surface area contributed by atoms with Crippen LogP contribution >= 0.6 is 23.8 Å². The summed E-state index contributed by atoms with van der Waals surface area (Å²) in [6.45, 7) is 5.39. The molecular formula is C15H18ClFN4S. The molecule has 0 aliphatic carbocycles. The van der Waals surface area contributed by atoms with E-state index in [9.17, 15) is 4.39 Å². The van der Waals surface area contributed by atoms with Crippen molar-refractivity contribution in [2.45, 2.75) is 20.4 Å². The summed E-state index contributed by atoms with van der Waals surface area (Å²) in [7, 11) is 0. The van der Waals surface area contributed by atoms with Gasteiger partial charge in [-0.2, -0.15) is 5.10 Å². The number of nitrogens with one attached hydrogen (secondary N) is 2. The predicted molar refractivity (Wildman–Crippen MR) is 91.8 cm³/mol. The first-order chi connectivity index (χ1) is 10.4. The Labute approximate surface area is 139 Å². The monoisotopic (exact) mass is 340 g/mol. The van der Waals surface area contributed by atoms with Crippen LogP contribution in [0.1, 0.15) is 19.4 Å². The SMILES string of the molecule is CC(C)CNC(=S)Nc1nn(Cc2cccc(F)c2)cc1Cl. The number of anilines is 1. The maximum atomic E-state index is 13.2. The summed E-state index contributed by atoms with van der Waals surface area (Å²) < 4.78 is 14.8. The highest BCUT2D eigenvalue weighted by atomic mass is 35.5. The van der Waals surface area contributed by atoms with Gasteiger partial charge in [-0.1, -0.05) is 37.6 Å². The first-order valence-corrected chi connectivity index (χ1v) is 7.75. The number of aromatic nitrogens is 2. The van der Waals surface area contributed by atoms with Crippen LogP contribution in [0.3, 0.4) is 0 Å². The van der Waals surface area contributed by atoms with Crippen molar-refractivity contribution in [1.29, 1.82) is 0 Å². The Bertz CT molecular complexity index is 657. The lowest BCUT2D eigenvalue weighted by Gasteiger charge is -2.10. The molecular weight excluding hydrogens is 323 g/mol. The van der Waals surface area contributed by atoms with Crippen LogP contribution in [0, 0.1) is 11.7 Å². The zero-order valence-electron chi connectivity index (χ0n) is 12.4. The normalized spacial score (nSPS) is 10.8. The van der Waals surface area contributed by atoms with Crippen LogP contribution in [0.5, 0.6) is 0 Å². The second-order valence-corrected chi connectivity index (χ2v) is 6.20. The number of hydrogen-bond acceptors (Lipinski definition) is 2. The summed E-state index contributed by atoms with van der Waals surface area (Å²) in [6, 6.07) is 6.38. The first-order valence-electron chi connectivity index (χ1n) is 6.96. The van der Waals surface area contributed by atoms with Crippen LogP contribution in [-0.2, 0) is 6.54 Å². The molecule has 2 aromatic rings. The molecule has 0 aliphatic rings. The second-order valence-electron chi connectivity index (χ2n) is 5.38. The fourth-order valence-electron chi connectivity index (χ4n) is 1.83. The molecule has 1 heterocycles. The van der Waals surface area contributed by atoms with Crippen LogP contribution < -0.4 is 10.6 Å². The summed E-state index contributed by atoms with van der Waals surface area (Å²) in [5, 5.41) is 11.3. The number of hydrogen-bond donors (Lipinski definition) is 2. The van der Waals surface area contributed by atoms with Gasteiger partial charge in [-0.15, -0.1) is 0 Å². The van der Waals surface area contributed by atoms with Crippen LogP contribution in [-0.4, -0.2) is 21.4 Å². The Balaban J connectivity index is 2.00. The van der Waals surface area contributed by atoms with E-state index in [2.05, 4.69) is 29.6 Å². The van der Waals surface area contributed by atoms with Crippen molar-refractivity contribution in [2.75, 3.05) is 11.9 Å². The minimum absolute atomic E-state index is 0.270. The van der Waals surface area contributed by atoms with Gasteiger partial charge < -0.3 is 10.6 Å². The molecule has 0 saturated carbocycles. The third kappa shape index (κ3) is 4.96. The minimum Gasteiger partial charge on any atom is -0.362 e. The average Bonchev–Trinajstić information content (AvgIpc) is 2.76. The van der Waals surface area contributed by atoms with E-state index < -0.39 is 0 Å². The third-order valence-electron chi connectivity index (χ3n) is 2.85. The van der Waals surface area contributed by atoms with Crippen LogP contribution in [0.15, 0.2) is 30.5 Å². The molecule has 4 nitrogen and oxygen atoms in total. The molecule has 1 aromatic heterocycles. The molecule has 0 amide bonds. The molecule has 118 valence electrons. The maximum absolute atomic E-state index is 13.2. The molecule has 0 bridgehead atoms. The van der Waals surface area contributed by atoms with E-state index in [-0.39, 0.29) is 5.82 Å². The van der Waals surface area contributed by atoms with E-state index in [0.29, 0.717) is 28.4 Å². The van der Waals surface area contributed by atoms with Crippen LogP contribution in [0.2, 0.25) is 5.02 Å². The number of halogens is 2. The minimum atomic E-state index is -0.270. The van der Waals surface area contributed by atoms with E-state index in [0.717, 1.165) is 12.1 Å².